The van der Waals surface area contributed by atoms with Gasteiger partial charge in [0.05, 0.1) is 11.4 Å². The fourth-order valence-corrected chi connectivity index (χ4v) is 2.30. The summed E-state index contributed by atoms with van der Waals surface area (Å²) in [5.41, 5.74) is 1.76. The minimum absolute atomic E-state index is 0.185. The van der Waals surface area contributed by atoms with Gasteiger partial charge in [0.1, 0.15) is 5.03 Å². The van der Waals surface area contributed by atoms with Gasteiger partial charge in [-0.3, -0.25) is 0 Å². The molecular formula is C10H15ClN2OS. The van der Waals surface area contributed by atoms with Crippen LogP contribution in [-0.2, 0) is 0 Å². The average Bonchev–Trinajstić information content (AvgIpc) is 2.14. The molecule has 15 heavy (non-hydrogen) atoms. The highest BCUT2D eigenvalue weighted by molar-refractivity contribution is 7.99. The van der Waals surface area contributed by atoms with Crippen LogP contribution in [-0.4, -0.2) is 26.9 Å². The molecule has 0 aliphatic rings. The first-order chi connectivity index (χ1) is 7.04. The summed E-state index contributed by atoms with van der Waals surface area (Å²) in [6.45, 7) is 6.03. The number of aryl methyl sites for hydroxylation is 2. The standard InChI is InChI=1S/C10H15ClN2OS/c1-6(4-5-14)15-10-9(11)12-7(2)8(3)13-10/h6,14H,4-5H2,1-3H3. The molecule has 0 fully saturated rings. The van der Waals surface area contributed by atoms with Gasteiger partial charge in [0.15, 0.2) is 5.15 Å². The van der Waals surface area contributed by atoms with Gasteiger partial charge in [-0.1, -0.05) is 18.5 Å². The Morgan fingerprint density at radius 1 is 1.33 bits per heavy atom. The van der Waals surface area contributed by atoms with Gasteiger partial charge in [0.25, 0.3) is 0 Å². The van der Waals surface area contributed by atoms with Gasteiger partial charge in [-0.05, 0) is 20.3 Å². The van der Waals surface area contributed by atoms with Crippen LogP contribution >= 0.6 is 23.4 Å². The van der Waals surface area contributed by atoms with E-state index in [1.54, 1.807) is 11.8 Å². The molecule has 0 spiro atoms. The van der Waals surface area contributed by atoms with Crippen LogP contribution in [0.4, 0.5) is 0 Å². The lowest BCUT2D eigenvalue weighted by molar-refractivity contribution is 0.289. The molecule has 1 unspecified atom stereocenters. The highest BCUT2D eigenvalue weighted by atomic mass is 35.5. The molecule has 1 aromatic heterocycles. The van der Waals surface area contributed by atoms with E-state index < -0.39 is 0 Å². The van der Waals surface area contributed by atoms with E-state index >= 15 is 0 Å². The van der Waals surface area contributed by atoms with Gasteiger partial charge < -0.3 is 5.11 Å². The second-order valence-corrected chi connectivity index (χ2v) is 5.22. The lowest BCUT2D eigenvalue weighted by Crippen LogP contribution is -2.02. The van der Waals surface area contributed by atoms with E-state index in [-0.39, 0.29) is 6.61 Å². The van der Waals surface area contributed by atoms with Crippen molar-refractivity contribution in [3.63, 3.8) is 0 Å². The second kappa shape index (κ2) is 5.68. The fourth-order valence-electron chi connectivity index (χ4n) is 1.06. The van der Waals surface area contributed by atoms with E-state index in [2.05, 4.69) is 9.97 Å². The molecule has 5 heteroatoms. The Kier molecular flexibility index (Phi) is 4.83. The number of rotatable bonds is 4. The molecule has 84 valence electrons. The molecule has 1 N–H and O–H groups in total. The molecule has 3 nitrogen and oxygen atoms in total. The number of aliphatic hydroxyl groups excluding tert-OH is 1. The Morgan fingerprint density at radius 3 is 2.53 bits per heavy atom. The number of hydrogen-bond acceptors (Lipinski definition) is 4. The van der Waals surface area contributed by atoms with Crippen LogP contribution in [0.2, 0.25) is 5.15 Å². The van der Waals surface area contributed by atoms with Crippen molar-refractivity contribution >= 4 is 23.4 Å². The highest BCUT2D eigenvalue weighted by Gasteiger charge is 2.11. The normalized spacial score (nSPS) is 12.9. The van der Waals surface area contributed by atoms with Crippen molar-refractivity contribution in [3.8, 4) is 0 Å². The summed E-state index contributed by atoms with van der Waals surface area (Å²) in [4.78, 5) is 8.59. The molecule has 0 radical (unpaired) electrons. The summed E-state index contributed by atoms with van der Waals surface area (Å²) in [6, 6.07) is 0. The molecule has 0 amide bonds. The zero-order chi connectivity index (χ0) is 11.4. The zero-order valence-electron chi connectivity index (χ0n) is 9.12. The Morgan fingerprint density at radius 2 is 1.93 bits per heavy atom. The summed E-state index contributed by atoms with van der Waals surface area (Å²) in [5, 5.41) is 10.3. The van der Waals surface area contributed by atoms with Gasteiger partial charge in [0.2, 0.25) is 0 Å². The monoisotopic (exact) mass is 246 g/mol. The first kappa shape index (κ1) is 12.7. The molecule has 1 heterocycles. The maximum atomic E-state index is 8.80. The Bertz CT molecular complexity index is 346. The largest absolute Gasteiger partial charge is 0.396 e. The number of nitrogens with zero attached hydrogens (tertiary/aromatic N) is 2. The third-order valence-electron chi connectivity index (χ3n) is 2.08. The van der Waals surface area contributed by atoms with Gasteiger partial charge in [-0.15, -0.1) is 11.8 Å². The van der Waals surface area contributed by atoms with Crippen LogP contribution in [0.5, 0.6) is 0 Å². The van der Waals surface area contributed by atoms with Crippen molar-refractivity contribution in [2.24, 2.45) is 0 Å². The van der Waals surface area contributed by atoms with Crippen LogP contribution in [0, 0.1) is 13.8 Å². The number of hydrogen-bond donors (Lipinski definition) is 1. The van der Waals surface area contributed by atoms with E-state index in [4.69, 9.17) is 16.7 Å². The first-order valence-corrected chi connectivity index (χ1v) is 6.08. The van der Waals surface area contributed by atoms with Crippen molar-refractivity contribution in [3.05, 3.63) is 16.5 Å². The molecule has 0 saturated heterocycles. The predicted octanol–water partition coefficient (Wildman–Crippen LogP) is 2.61. The maximum absolute atomic E-state index is 8.80. The van der Waals surface area contributed by atoms with E-state index in [9.17, 15) is 0 Å². The minimum atomic E-state index is 0.185. The molecule has 1 aromatic rings. The Balaban J connectivity index is 2.81. The van der Waals surface area contributed by atoms with Crippen molar-refractivity contribution in [2.75, 3.05) is 6.61 Å². The summed E-state index contributed by atoms with van der Waals surface area (Å²) in [6.07, 6.45) is 0.732. The van der Waals surface area contributed by atoms with E-state index in [0.717, 1.165) is 22.8 Å². The van der Waals surface area contributed by atoms with Crippen LogP contribution in [0.1, 0.15) is 24.7 Å². The third-order valence-corrected chi connectivity index (χ3v) is 3.61. The summed E-state index contributed by atoms with van der Waals surface area (Å²) in [7, 11) is 0. The van der Waals surface area contributed by atoms with Gasteiger partial charge in [-0.25, -0.2) is 9.97 Å². The molecular weight excluding hydrogens is 232 g/mol. The molecule has 0 bridgehead atoms. The zero-order valence-corrected chi connectivity index (χ0v) is 10.7. The maximum Gasteiger partial charge on any atom is 0.161 e. The van der Waals surface area contributed by atoms with Crippen molar-refractivity contribution in [2.45, 2.75) is 37.5 Å². The molecule has 1 atom stereocenters. The van der Waals surface area contributed by atoms with Crippen LogP contribution < -0.4 is 0 Å². The van der Waals surface area contributed by atoms with Crippen molar-refractivity contribution in [1.82, 2.24) is 9.97 Å². The SMILES string of the molecule is Cc1nc(Cl)c(SC(C)CCO)nc1C. The van der Waals surface area contributed by atoms with Crippen LogP contribution in [0.15, 0.2) is 5.03 Å². The fraction of sp³-hybridized carbons (Fsp3) is 0.600. The van der Waals surface area contributed by atoms with Crippen molar-refractivity contribution < 1.29 is 5.11 Å². The quantitative estimate of drug-likeness (QED) is 0.830. The van der Waals surface area contributed by atoms with E-state index in [1.807, 2.05) is 20.8 Å². The number of aliphatic hydroxyl groups is 1. The topological polar surface area (TPSA) is 46.0 Å². The van der Waals surface area contributed by atoms with Gasteiger partial charge >= 0.3 is 0 Å². The van der Waals surface area contributed by atoms with Gasteiger partial charge in [-0.2, -0.15) is 0 Å². The summed E-state index contributed by atoms with van der Waals surface area (Å²) < 4.78 is 0. The first-order valence-electron chi connectivity index (χ1n) is 4.83. The summed E-state index contributed by atoms with van der Waals surface area (Å²) in [5.74, 6) is 0. The highest BCUT2D eigenvalue weighted by Crippen LogP contribution is 2.29. The lowest BCUT2D eigenvalue weighted by Gasteiger charge is -2.10. The molecule has 0 saturated carbocycles. The second-order valence-electron chi connectivity index (χ2n) is 3.43. The molecule has 1 rings (SSSR count). The Labute approximate surface area is 99.3 Å². The number of thioether (sulfide) groups is 1. The minimum Gasteiger partial charge on any atom is -0.396 e. The number of aromatic nitrogens is 2. The predicted molar refractivity (Wildman–Crippen MR) is 63.5 cm³/mol. The van der Waals surface area contributed by atoms with Gasteiger partial charge in [0, 0.05) is 11.9 Å². The van der Waals surface area contributed by atoms with Crippen LogP contribution in [0.25, 0.3) is 0 Å². The molecule has 0 aliphatic heterocycles. The third kappa shape index (κ3) is 3.63. The molecule has 0 aromatic carbocycles. The van der Waals surface area contributed by atoms with E-state index in [1.165, 1.54) is 0 Å². The Hall–Kier alpha value is -0.320. The van der Waals surface area contributed by atoms with E-state index in [0.29, 0.717) is 10.4 Å². The lowest BCUT2D eigenvalue weighted by atomic mass is 10.3. The smallest absolute Gasteiger partial charge is 0.161 e. The number of halogens is 1. The summed E-state index contributed by atoms with van der Waals surface area (Å²) >= 11 is 7.54. The molecule has 0 aliphatic carbocycles. The van der Waals surface area contributed by atoms with Crippen LogP contribution in [0.3, 0.4) is 0 Å². The average molecular weight is 247 g/mol. The van der Waals surface area contributed by atoms with Crippen molar-refractivity contribution in [1.29, 1.82) is 0 Å².